The molecule has 0 radical (unpaired) electrons. The van der Waals surface area contributed by atoms with Crippen molar-refractivity contribution in [2.24, 2.45) is 11.1 Å². The smallest absolute Gasteiger partial charge is 0.0127 e. The van der Waals surface area contributed by atoms with Gasteiger partial charge in [0, 0.05) is 18.1 Å². The van der Waals surface area contributed by atoms with Gasteiger partial charge in [0.25, 0.3) is 0 Å². The Morgan fingerprint density at radius 2 is 2.00 bits per heavy atom. The first-order valence-corrected chi connectivity index (χ1v) is 5.59. The molecule has 2 aliphatic rings. The van der Waals surface area contributed by atoms with Gasteiger partial charge in [-0.05, 0) is 31.1 Å². The third kappa shape index (κ3) is 2.23. The van der Waals surface area contributed by atoms with Crippen LogP contribution in [0.5, 0.6) is 0 Å². The fourth-order valence-electron chi connectivity index (χ4n) is 2.42. The van der Waals surface area contributed by atoms with Crippen molar-refractivity contribution >= 4 is 0 Å². The van der Waals surface area contributed by atoms with Gasteiger partial charge in [0.2, 0.25) is 0 Å². The molecular weight excluding hydrogens is 160 g/mol. The van der Waals surface area contributed by atoms with Crippen LogP contribution in [0.4, 0.5) is 0 Å². The number of nitrogens with two attached hydrogens (primary N) is 1. The third-order valence-corrected chi connectivity index (χ3v) is 3.67. The van der Waals surface area contributed by atoms with E-state index in [1.165, 1.54) is 32.1 Å². The maximum atomic E-state index is 5.95. The van der Waals surface area contributed by atoms with Crippen LogP contribution in [0.25, 0.3) is 0 Å². The lowest BCUT2D eigenvalue weighted by Crippen LogP contribution is -2.41. The van der Waals surface area contributed by atoms with Gasteiger partial charge < -0.3 is 11.1 Å². The molecule has 2 aliphatic carbocycles. The van der Waals surface area contributed by atoms with Crippen molar-refractivity contribution in [1.82, 2.24) is 5.32 Å². The van der Waals surface area contributed by atoms with Crippen molar-refractivity contribution in [3.63, 3.8) is 0 Å². The van der Waals surface area contributed by atoms with E-state index in [0.717, 1.165) is 6.04 Å². The maximum Gasteiger partial charge on any atom is 0.0127 e. The van der Waals surface area contributed by atoms with Crippen LogP contribution in [0.3, 0.4) is 0 Å². The first-order chi connectivity index (χ1) is 6.08. The molecule has 0 aliphatic heterocycles. The lowest BCUT2D eigenvalue weighted by molar-refractivity contribution is 0.326. The van der Waals surface area contributed by atoms with Gasteiger partial charge in [0.05, 0.1) is 0 Å². The minimum atomic E-state index is 0.452. The van der Waals surface area contributed by atoms with Crippen LogP contribution in [-0.2, 0) is 0 Å². The van der Waals surface area contributed by atoms with E-state index in [9.17, 15) is 0 Å². The predicted octanol–water partition coefficient (Wildman–Crippen LogP) is 1.64. The molecule has 0 saturated heterocycles. The van der Waals surface area contributed by atoms with Gasteiger partial charge >= 0.3 is 0 Å². The van der Waals surface area contributed by atoms with Gasteiger partial charge in [-0.25, -0.2) is 0 Å². The lowest BCUT2D eigenvalue weighted by Gasteiger charge is -2.28. The summed E-state index contributed by atoms with van der Waals surface area (Å²) in [6.07, 6.45) is 6.41. The van der Waals surface area contributed by atoms with E-state index in [-0.39, 0.29) is 0 Å². The number of rotatable bonds is 2. The van der Waals surface area contributed by atoms with Crippen LogP contribution >= 0.6 is 0 Å². The zero-order valence-electron chi connectivity index (χ0n) is 8.84. The highest BCUT2D eigenvalue weighted by Gasteiger charge is 2.46. The van der Waals surface area contributed by atoms with Gasteiger partial charge in [-0.15, -0.1) is 0 Å². The van der Waals surface area contributed by atoms with Crippen LogP contribution in [0.2, 0.25) is 0 Å². The summed E-state index contributed by atoms with van der Waals surface area (Å²) < 4.78 is 0. The Morgan fingerprint density at radius 1 is 1.31 bits per heavy atom. The average molecular weight is 182 g/mol. The molecule has 2 saturated carbocycles. The van der Waals surface area contributed by atoms with E-state index in [0.29, 0.717) is 17.5 Å². The van der Waals surface area contributed by atoms with E-state index in [4.69, 9.17) is 5.73 Å². The normalized spacial score (nSPS) is 43.2. The Kier molecular flexibility index (Phi) is 2.37. The minimum absolute atomic E-state index is 0.452. The van der Waals surface area contributed by atoms with Gasteiger partial charge in [0.15, 0.2) is 0 Å². The Bertz CT molecular complexity index is 189. The van der Waals surface area contributed by atoms with Gasteiger partial charge in [0.1, 0.15) is 0 Å². The summed E-state index contributed by atoms with van der Waals surface area (Å²) >= 11 is 0. The number of hydrogen-bond acceptors (Lipinski definition) is 2. The summed E-state index contributed by atoms with van der Waals surface area (Å²) in [4.78, 5) is 0. The van der Waals surface area contributed by atoms with Crippen molar-refractivity contribution in [1.29, 1.82) is 0 Å². The second-order valence-electron chi connectivity index (χ2n) is 5.54. The molecule has 0 bridgehead atoms. The Hall–Kier alpha value is -0.0800. The number of nitrogens with one attached hydrogen (secondary N) is 1. The molecule has 0 spiro atoms. The minimum Gasteiger partial charge on any atom is -0.328 e. The molecule has 13 heavy (non-hydrogen) atoms. The van der Waals surface area contributed by atoms with Crippen molar-refractivity contribution < 1.29 is 0 Å². The molecule has 76 valence electrons. The fraction of sp³-hybridized carbons (Fsp3) is 1.00. The van der Waals surface area contributed by atoms with Gasteiger partial charge in [-0.3, -0.25) is 0 Å². The third-order valence-electron chi connectivity index (χ3n) is 3.67. The Morgan fingerprint density at radius 3 is 2.54 bits per heavy atom. The molecule has 3 unspecified atom stereocenters. The van der Waals surface area contributed by atoms with Crippen LogP contribution < -0.4 is 11.1 Å². The van der Waals surface area contributed by atoms with Crippen molar-refractivity contribution in [3.05, 3.63) is 0 Å². The number of hydrogen-bond donors (Lipinski definition) is 2. The molecule has 2 nitrogen and oxygen atoms in total. The SMILES string of the molecule is CC1(C)CC1NC1CCCC(N)C1. The second kappa shape index (κ2) is 3.25. The molecule has 3 atom stereocenters. The van der Waals surface area contributed by atoms with Crippen molar-refractivity contribution in [3.8, 4) is 0 Å². The van der Waals surface area contributed by atoms with E-state index < -0.39 is 0 Å². The highest BCUT2D eigenvalue weighted by Crippen LogP contribution is 2.45. The van der Waals surface area contributed by atoms with Gasteiger partial charge in [-0.1, -0.05) is 20.3 Å². The summed E-state index contributed by atoms with van der Waals surface area (Å²) in [5.41, 5.74) is 6.51. The van der Waals surface area contributed by atoms with Crippen LogP contribution in [0.1, 0.15) is 46.0 Å². The quantitative estimate of drug-likeness (QED) is 0.681. The first-order valence-electron chi connectivity index (χ1n) is 5.59. The highest BCUT2D eigenvalue weighted by molar-refractivity contribution is 5.03. The second-order valence-corrected chi connectivity index (χ2v) is 5.54. The zero-order valence-corrected chi connectivity index (χ0v) is 8.84. The molecule has 0 amide bonds. The molecule has 2 heteroatoms. The van der Waals surface area contributed by atoms with E-state index in [2.05, 4.69) is 19.2 Å². The predicted molar refractivity (Wildman–Crippen MR) is 55.6 cm³/mol. The summed E-state index contributed by atoms with van der Waals surface area (Å²) in [6.45, 7) is 4.68. The Balaban J connectivity index is 1.76. The van der Waals surface area contributed by atoms with Crippen LogP contribution in [-0.4, -0.2) is 18.1 Å². The highest BCUT2D eigenvalue weighted by atomic mass is 15.0. The van der Waals surface area contributed by atoms with E-state index >= 15 is 0 Å². The first kappa shape index (κ1) is 9.47. The van der Waals surface area contributed by atoms with Crippen molar-refractivity contribution in [2.45, 2.75) is 64.1 Å². The van der Waals surface area contributed by atoms with E-state index in [1.54, 1.807) is 0 Å². The molecule has 0 aromatic carbocycles. The molecule has 3 N–H and O–H groups in total. The molecular formula is C11H22N2. The van der Waals surface area contributed by atoms with Crippen molar-refractivity contribution in [2.75, 3.05) is 0 Å². The van der Waals surface area contributed by atoms with Gasteiger partial charge in [-0.2, -0.15) is 0 Å². The Labute approximate surface area is 81.3 Å². The van der Waals surface area contributed by atoms with Crippen LogP contribution in [0, 0.1) is 5.41 Å². The molecule has 0 aromatic heterocycles. The maximum absolute atomic E-state index is 5.95. The summed E-state index contributed by atoms with van der Waals surface area (Å²) in [7, 11) is 0. The fourth-order valence-corrected chi connectivity index (χ4v) is 2.42. The molecule has 0 aromatic rings. The topological polar surface area (TPSA) is 38.0 Å². The summed E-state index contributed by atoms with van der Waals surface area (Å²) in [6, 6.07) is 1.92. The summed E-state index contributed by atoms with van der Waals surface area (Å²) in [5.74, 6) is 0. The average Bonchev–Trinajstić information content (AvgIpc) is 2.58. The standard InChI is InChI=1S/C11H22N2/c1-11(2)7-10(11)13-9-5-3-4-8(12)6-9/h8-10,13H,3-7,12H2,1-2H3. The zero-order chi connectivity index (χ0) is 9.47. The monoisotopic (exact) mass is 182 g/mol. The van der Waals surface area contributed by atoms with E-state index in [1.807, 2.05) is 0 Å². The summed E-state index contributed by atoms with van der Waals surface area (Å²) in [5, 5.41) is 3.73. The molecule has 2 rings (SSSR count). The molecule has 0 heterocycles. The lowest BCUT2D eigenvalue weighted by atomic mass is 9.91. The van der Waals surface area contributed by atoms with Crippen LogP contribution in [0.15, 0.2) is 0 Å². The molecule has 2 fully saturated rings. The largest absolute Gasteiger partial charge is 0.328 e.